The lowest BCUT2D eigenvalue weighted by Crippen LogP contribution is -2.27. The first-order valence-electron chi connectivity index (χ1n) is 7.50. The number of aromatic nitrogens is 5. The molecule has 0 aliphatic heterocycles. The summed E-state index contributed by atoms with van der Waals surface area (Å²) in [5, 5.41) is 14.9. The van der Waals surface area contributed by atoms with Crippen molar-refractivity contribution in [3.63, 3.8) is 0 Å². The Morgan fingerprint density at radius 1 is 1.29 bits per heavy atom. The summed E-state index contributed by atoms with van der Waals surface area (Å²) in [6.45, 7) is 4.10. The van der Waals surface area contributed by atoms with Crippen molar-refractivity contribution in [1.29, 1.82) is 0 Å². The van der Waals surface area contributed by atoms with E-state index in [4.69, 9.17) is 5.73 Å². The van der Waals surface area contributed by atoms with Crippen molar-refractivity contribution in [1.82, 2.24) is 29.7 Å². The number of rotatable bonds is 5. The van der Waals surface area contributed by atoms with Gasteiger partial charge in [-0.3, -0.25) is 10.1 Å². The Morgan fingerprint density at radius 2 is 2.00 bits per heavy atom. The van der Waals surface area contributed by atoms with Gasteiger partial charge in [0.15, 0.2) is 5.82 Å². The predicted molar refractivity (Wildman–Crippen MR) is 87.8 cm³/mol. The van der Waals surface area contributed by atoms with E-state index in [1.54, 1.807) is 14.1 Å². The van der Waals surface area contributed by atoms with E-state index in [1.165, 1.54) is 20.6 Å². The number of nitrogens with two attached hydrogens (primary N) is 1. The molecule has 10 nitrogen and oxygen atoms in total. The first-order valence-corrected chi connectivity index (χ1v) is 7.50. The minimum absolute atomic E-state index is 0.0815. The summed E-state index contributed by atoms with van der Waals surface area (Å²) in [5.41, 5.74) is 8.14. The minimum atomic E-state index is -0.321. The lowest BCUT2D eigenvalue weighted by atomic mass is 10.1. The maximum atomic E-state index is 12.4. The molecule has 2 aromatic rings. The molecule has 0 fully saturated rings. The van der Waals surface area contributed by atoms with Crippen molar-refractivity contribution in [3.05, 3.63) is 23.1 Å². The molecule has 24 heavy (non-hydrogen) atoms. The van der Waals surface area contributed by atoms with E-state index in [2.05, 4.69) is 20.6 Å². The maximum absolute atomic E-state index is 12.4. The number of hydrogen-bond donors (Lipinski definition) is 2. The van der Waals surface area contributed by atoms with Gasteiger partial charge in [-0.2, -0.15) is 15.0 Å². The van der Waals surface area contributed by atoms with Gasteiger partial charge in [0.25, 0.3) is 5.91 Å². The van der Waals surface area contributed by atoms with E-state index in [-0.39, 0.29) is 24.3 Å². The predicted octanol–water partition coefficient (Wildman–Crippen LogP) is 0.0265. The molecule has 0 saturated heterocycles. The van der Waals surface area contributed by atoms with E-state index in [9.17, 15) is 9.59 Å². The van der Waals surface area contributed by atoms with Gasteiger partial charge < -0.3 is 10.6 Å². The highest BCUT2D eigenvalue weighted by Crippen LogP contribution is 2.13. The number of carbonyl (C=O) groups excluding carboxylic acids is 2. The summed E-state index contributed by atoms with van der Waals surface area (Å²) in [4.78, 5) is 26.6. The smallest absolute Gasteiger partial charge is 0.322 e. The number of amides is 2. The highest BCUT2D eigenvalue weighted by molar-refractivity contribution is 5.87. The maximum Gasteiger partial charge on any atom is 0.322 e. The van der Waals surface area contributed by atoms with Gasteiger partial charge in [0.2, 0.25) is 0 Å². The molecular formula is C14H22N8O2. The fourth-order valence-corrected chi connectivity index (χ4v) is 2.26. The molecule has 130 valence electrons. The zero-order valence-electron chi connectivity index (χ0n) is 14.3. The van der Waals surface area contributed by atoms with Gasteiger partial charge in [-0.15, -0.1) is 5.10 Å². The molecule has 2 amide bonds. The molecule has 2 heterocycles. The summed E-state index contributed by atoms with van der Waals surface area (Å²) in [7, 11) is 3.23. The topological polar surface area (TPSA) is 124 Å². The summed E-state index contributed by atoms with van der Waals surface area (Å²) in [6, 6.07) is -0.321. The first kappa shape index (κ1) is 17.6. The third kappa shape index (κ3) is 3.77. The van der Waals surface area contributed by atoms with Crippen LogP contribution in [0.1, 0.15) is 21.7 Å². The van der Waals surface area contributed by atoms with Crippen LogP contribution in [0.4, 0.5) is 10.6 Å². The third-order valence-electron chi connectivity index (χ3n) is 3.53. The molecular weight excluding hydrogens is 312 g/mol. The second-order valence-corrected chi connectivity index (χ2v) is 5.58. The van der Waals surface area contributed by atoms with Crippen LogP contribution in [0.5, 0.6) is 0 Å². The largest absolute Gasteiger partial charge is 0.331 e. The standard InChI is InChI=1S/C14H22N8O2/c1-9-11(5-6-15)10(2)22(18-9)13(23)8-21-16-7-12(19-21)17-14(24)20(3)4/h7H,5-6,8,15H2,1-4H3,(H,17,19,24). The van der Waals surface area contributed by atoms with Crippen LogP contribution in [0.2, 0.25) is 0 Å². The summed E-state index contributed by atoms with van der Waals surface area (Å²) in [6.07, 6.45) is 2.06. The van der Waals surface area contributed by atoms with Gasteiger partial charge in [-0.1, -0.05) is 0 Å². The number of hydrogen-bond acceptors (Lipinski definition) is 6. The van der Waals surface area contributed by atoms with Crippen molar-refractivity contribution < 1.29 is 9.59 Å². The average molecular weight is 334 g/mol. The Kier molecular flexibility index (Phi) is 5.29. The average Bonchev–Trinajstić information content (AvgIpc) is 3.06. The van der Waals surface area contributed by atoms with Gasteiger partial charge >= 0.3 is 6.03 Å². The Balaban J connectivity index is 2.09. The van der Waals surface area contributed by atoms with Crippen molar-refractivity contribution >= 4 is 17.8 Å². The van der Waals surface area contributed by atoms with E-state index in [0.717, 1.165) is 17.0 Å². The molecule has 2 rings (SSSR count). The van der Waals surface area contributed by atoms with Crippen LogP contribution in [0.15, 0.2) is 6.20 Å². The number of nitrogens with zero attached hydrogens (tertiary/aromatic N) is 6. The van der Waals surface area contributed by atoms with Crippen LogP contribution in [-0.4, -0.2) is 62.3 Å². The summed E-state index contributed by atoms with van der Waals surface area (Å²) >= 11 is 0. The molecule has 10 heteroatoms. The molecule has 2 aromatic heterocycles. The lowest BCUT2D eigenvalue weighted by Gasteiger charge is -2.09. The zero-order chi connectivity index (χ0) is 17.9. The van der Waals surface area contributed by atoms with Gasteiger partial charge in [0, 0.05) is 19.8 Å². The molecule has 0 saturated carbocycles. The van der Waals surface area contributed by atoms with E-state index >= 15 is 0 Å². The van der Waals surface area contributed by atoms with Crippen LogP contribution in [-0.2, 0) is 13.0 Å². The van der Waals surface area contributed by atoms with Crippen LogP contribution >= 0.6 is 0 Å². The second-order valence-electron chi connectivity index (χ2n) is 5.58. The Bertz CT molecular complexity index is 746. The number of carbonyl (C=O) groups is 2. The summed E-state index contributed by atoms with van der Waals surface area (Å²) in [5.74, 6) is 0.0126. The molecule has 0 bridgehead atoms. The van der Waals surface area contributed by atoms with Crippen molar-refractivity contribution in [2.45, 2.75) is 26.8 Å². The molecule has 0 atom stereocenters. The second kappa shape index (κ2) is 7.21. The Morgan fingerprint density at radius 3 is 2.62 bits per heavy atom. The van der Waals surface area contributed by atoms with Crippen LogP contribution in [0.3, 0.4) is 0 Å². The highest BCUT2D eigenvalue weighted by atomic mass is 16.2. The molecule has 0 radical (unpaired) electrons. The number of aryl methyl sites for hydroxylation is 1. The fraction of sp³-hybridized carbons (Fsp3) is 0.500. The monoisotopic (exact) mass is 334 g/mol. The number of nitrogens with one attached hydrogen (secondary N) is 1. The van der Waals surface area contributed by atoms with E-state index < -0.39 is 0 Å². The molecule has 0 aromatic carbocycles. The lowest BCUT2D eigenvalue weighted by molar-refractivity contribution is 0.0861. The number of anilines is 1. The first-order chi connectivity index (χ1) is 11.3. The van der Waals surface area contributed by atoms with Crippen LogP contribution < -0.4 is 11.1 Å². The van der Waals surface area contributed by atoms with E-state index in [1.807, 2.05) is 13.8 Å². The zero-order valence-corrected chi connectivity index (χ0v) is 14.3. The SMILES string of the molecule is Cc1nn(C(=O)Cn2ncc(NC(=O)N(C)C)n2)c(C)c1CCN. The normalized spacial score (nSPS) is 10.7. The van der Waals surface area contributed by atoms with Crippen LogP contribution in [0.25, 0.3) is 0 Å². The van der Waals surface area contributed by atoms with Gasteiger partial charge in [0.1, 0.15) is 6.54 Å². The Labute approximate surface area is 139 Å². The quantitative estimate of drug-likeness (QED) is 0.795. The molecule has 0 spiro atoms. The van der Waals surface area contributed by atoms with E-state index in [0.29, 0.717) is 13.0 Å². The Hall–Kier alpha value is -2.75. The molecule has 0 aliphatic rings. The van der Waals surface area contributed by atoms with Crippen molar-refractivity contribution in [2.24, 2.45) is 5.73 Å². The summed E-state index contributed by atoms with van der Waals surface area (Å²) < 4.78 is 1.35. The van der Waals surface area contributed by atoms with Gasteiger partial charge in [-0.05, 0) is 32.4 Å². The van der Waals surface area contributed by atoms with Crippen LogP contribution in [0, 0.1) is 13.8 Å². The van der Waals surface area contributed by atoms with Gasteiger partial charge in [-0.25, -0.2) is 9.48 Å². The van der Waals surface area contributed by atoms with Gasteiger partial charge in [0.05, 0.1) is 11.9 Å². The molecule has 0 aliphatic carbocycles. The fourth-order valence-electron chi connectivity index (χ4n) is 2.26. The highest BCUT2D eigenvalue weighted by Gasteiger charge is 2.17. The third-order valence-corrected chi connectivity index (χ3v) is 3.53. The van der Waals surface area contributed by atoms with Crippen molar-refractivity contribution in [2.75, 3.05) is 26.0 Å². The molecule has 3 N–H and O–H groups in total. The minimum Gasteiger partial charge on any atom is -0.331 e. The van der Waals surface area contributed by atoms with Crippen molar-refractivity contribution in [3.8, 4) is 0 Å². The molecule has 0 unspecified atom stereocenters. The number of urea groups is 1.